The molecule has 0 amide bonds. The number of benzene rings is 3. The van der Waals surface area contributed by atoms with Crippen molar-refractivity contribution in [2.45, 2.75) is 18.3 Å². The highest BCUT2D eigenvalue weighted by Crippen LogP contribution is 2.45. The summed E-state index contributed by atoms with van der Waals surface area (Å²) in [4.78, 5) is 4.96. The van der Waals surface area contributed by atoms with Crippen molar-refractivity contribution < 1.29 is 9.47 Å². The number of hydrogen-bond donors (Lipinski definition) is 0. The largest absolute Gasteiger partial charge is 0.497 e. The van der Waals surface area contributed by atoms with Crippen LogP contribution in [0.1, 0.15) is 28.2 Å². The fraction of sp³-hybridized carbons (Fsp3) is 0.208. The van der Waals surface area contributed by atoms with E-state index in [2.05, 4.69) is 55.5 Å². The molecule has 0 unspecified atom stereocenters. The fourth-order valence-electron chi connectivity index (χ4n) is 3.59. The highest BCUT2D eigenvalue weighted by Gasteiger charge is 2.35. The van der Waals surface area contributed by atoms with E-state index in [1.807, 2.05) is 24.3 Å². The molecule has 0 aliphatic carbocycles. The Balaban J connectivity index is 1.88. The molecule has 28 heavy (non-hydrogen) atoms. The Morgan fingerprint density at radius 3 is 2.43 bits per heavy atom. The van der Waals surface area contributed by atoms with Gasteiger partial charge in [0.25, 0.3) is 0 Å². The van der Waals surface area contributed by atoms with Crippen LogP contribution < -0.4 is 4.74 Å². The molecule has 4 rings (SSSR count). The summed E-state index contributed by atoms with van der Waals surface area (Å²) in [5.74, 6) is 0.953. The summed E-state index contributed by atoms with van der Waals surface area (Å²) >= 11 is 1.68. The van der Waals surface area contributed by atoms with Gasteiger partial charge in [0.1, 0.15) is 16.2 Å². The molecule has 0 N–H and O–H groups in total. The third-order valence-corrected chi connectivity index (χ3v) is 6.18. The first-order chi connectivity index (χ1) is 13.7. The second kappa shape index (κ2) is 8.21. The summed E-state index contributed by atoms with van der Waals surface area (Å²) in [5.41, 5.74) is 5.63. The van der Waals surface area contributed by atoms with Crippen molar-refractivity contribution in [3.63, 3.8) is 0 Å². The van der Waals surface area contributed by atoms with Crippen LogP contribution in [0.5, 0.6) is 5.75 Å². The quantitative estimate of drug-likeness (QED) is 0.554. The summed E-state index contributed by atoms with van der Waals surface area (Å²) in [6.07, 6.45) is 0. The standard InChI is InChI=1S/C24H23NO2S/c1-16-8-7-11-18(14-16)25-23-20-13-12-19(26-2)15-21(20)22(24(27-3)28-23)17-9-5-4-6-10-17/h4-15,22,24H,1-3H3/t22-,24-/m1/s1. The monoisotopic (exact) mass is 389 g/mol. The van der Waals surface area contributed by atoms with Crippen LogP contribution in [0, 0.1) is 6.92 Å². The van der Waals surface area contributed by atoms with Gasteiger partial charge in [-0.3, -0.25) is 0 Å². The number of methoxy groups -OCH3 is 2. The third-order valence-electron chi connectivity index (χ3n) is 4.95. The first-order valence-corrected chi connectivity index (χ1v) is 10.2. The van der Waals surface area contributed by atoms with Crippen LogP contribution in [0.4, 0.5) is 5.69 Å². The predicted octanol–water partition coefficient (Wildman–Crippen LogP) is 5.93. The van der Waals surface area contributed by atoms with E-state index < -0.39 is 0 Å². The Labute approximate surface area is 170 Å². The zero-order chi connectivity index (χ0) is 19.5. The van der Waals surface area contributed by atoms with Gasteiger partial charge in [-0.2, -0.15) is 0 Å². The second-order valence-electron chi connectivity index (χ2n) is 6.82. The molecule has 0 spiro atoms. The molecule has 1 aliphatic rings. The van der Waals surface area contributed by atoms with Crippen molar-refractivity contribution >= 4 is 22.5 Å². The minimum atomic E-state index is -0.0643. The lowest BCUT2D eigenvalue weighted by Gasteiger charge is -2.33. The Hall–Kier alpha value is -2.56. The van der Waals surface area contributed by atoms with Crippen molar-refractivity contribution in [3.05, 3.63) is 95.1 Å². The second-order valence-corrected chi connectivity index (χ2v) is 7.91. The van der Waals surface area contributed by atoms with Gasteiger partial charge >= 0.3 is 0 Å². The van der Waals surface area contributed by atoms with E-state index in [4.69, 9.17) is 14.5 Å². The van der Waals surface area contributed by atoms with Gasteiger partial charge in [0.2, 0.25) is 0 Å². The molecule has 3 aromatic rings. The average molecular weight is 390 g/mol. The minimum Gasteiger partial charge on any atom is -0.497 e. The maximum atomic E-state index is 5.92. The normalized spacial score (nSPS) is 20.0. The maximum absolute atomic E-state index is 5.92. The van der Waals surface area contributed by atoms with Gasteiger partial charge in [-0.1, -0.05) is 54.2 Å². The molecule has 142 valence electrons. The lowest BCUT2D eigenvalue weighted by Crippen LogP contribution is -2.27. The van der Waals surface area contributed by atoms with Gasteiger partial charge in [-0.05, 0) is 53.9 Å². The zero-order valence-electron chi connectivity index (χ0n) is 16.3. The van der Waals surface area contributed by atoms with Gasteiger partial charge in [0.05, 0.1) is 12.8 Å². The Morgan fingerprint density at radius 1 is 0.893 bits per heavy atom. The first-order valence-electron chi connectivity index (χ1n) is 9.27. The number of aryl methyl sites for hydroxylation is 1. The van der Waals surface area contributed by atoms with Crippen LogP contribution in [-0.4, -0.2) is 24.7 Å². The maximum Gasteiger partial charge on any atom is 0.119 e. The third kappa shape index (κ3) is 3.71. The summed E-state index contributed by atoms with van der Waals surface area (Å²) in [7, 11) is 3.47. The van der Waals surface area contributed by atoms with E-state index in [0.717, 1.165) is 22.0 Å². The number of ether oxygens (including phenoxy) is 2. The molecular weight excluding hydrogens is 366 g/mol. The number of thioether (sulfide) groups is 1. The van der Waals surface area contributed by atoms with Gasteiger partial charge in [-0.25, -0.2) is 4.99 Å². The Bertz CT molecular complexity index is 1000. The van der Waals surface area contributed by atoms with Gasteiger partial charge in [0.15, 0.2) is 0 Å². The molecule has 0 saturated heterocycles. The SMILES string of the molecule is COc1ccc2c(c1)[C@@H](c1ccccc1)[C@H](OC)SC2=Nc1cccc(C)c1. The van der Waals surface area contributed by atoms with E-state index in [9.17, 15) is 0 Å². The minimum absolute atomic E-state index is 0.0643. The molecule has 2 atom stereocenters. The average Bonchev–Trinajstić information content (AvgIpc) is 2.73. The molecule has 1 aliphatic heterocycles. The van der Waals surface area contributed by atoms with Crippen LogP contribution >= 0.6 is 11.8 Å². The zero-order valence-corrected chi connectivity index (χ0v) is 17.1. The summed E-state index contributed by atoms with van der Waals surface area (Å²) in [6, 6.07) is 25.0. The Kier molecular flexibility index (Phi) is 5.51. The smallest absolute Gasteiger partial charge is 0.119 e. The van der Waals surface area contributed by atoms with Crippen LogP contribution in [0.3, 0.4) is 0 Å². The highest BCUT2D eigenvalue weighted by molar-refractivity contribution is 8.15. The van der Waals surface area contributed by atoms with Crippen LogP contribution in [0.25, 0.3) is 0 Å². The van der Waals surface area contributed by atoms with E-state index in [0.29, 0.717) is 0 Å². The summed E-state index contributed by atoms with van der Waals surface area (Å²) in [5, 5.41) is 0.974. The summed E-state index contributed by atoms with van der Waals surface area (Å²) < 4.78 is 11.4. The molecular formula is C24H23NO2S. The topological polar surface area (TPSA) is 30.8 Å². The van der Waals surface area contributed by atoms with Crippen molar-refractivity contribution in [1.29, 1.82) is 0 Å². The van der Waals surface area contributed by atoms with Crippen molar-refractivity contribution in [2.24, 2.45) is 4.99 Å². The van der Waals surface area contributed by atoms with Gasteiger partial charge in [-0.15, -0.1) is 0 Å². The van der Waals surface area contributed by atoms with Crippen molar-refractivity contribution in [1.82, 2.24) is 0 Å². The molecule has 0 aromatic heterocycles. The molecule has 0 bridgehead atoms. The van der Waals surface area contributed by atoms with Crippen LogP contribution in [0.15, 0.2) is 77.8 Å². The number of hydrogen-bond acceptors (Lipinski definition) is 4. The molecule has 1 heterocycles. The molecule has 4 heteroatoms. The molecule has 3 aromatic carbocycles. The number of rotatable bonds is 4. The van der Waals surface area contributed by atoms with Crippen molar-refractivity contribution in [3.8, 4) is 5.75 Å². The first kappa shape index (κ1) is 18.8. The lowest BCUT2D eigenvalue weighted by molar-refractivity contribution is 0.160. The Morgan fingerprint density at radius 2 is 1.71 bits per heavy atom. The van der Waals surface area contributed by atoms with E-state index in [-0.39, 0.29) is 11.4 Å². The summed E-state index contributed by atoms with van der Waals surface area (Å²) in [6.45, 7) is 2.08. The van der Waals surface area contributed by atoms with Crippen LogP contribution in [-0.2, 0) is 4.74 Å². The van der Waals surface area contributed by atoms with E-state index in [1.165, 1.54) is 16.7 Å². The number of aliphatic imine (C=N–C) groups is 1. The van der Waals surface area contributed by atoms with Crippen molar-refractivity contribution in [2.75, 3.05) is 14.2 Å². The van der Waals surface area contributed by atoms with Gasteiger partial charge in [0, 0.05) is 18.6 Å². The van der Waals surface area contributed by atoms with E-state index in [1.54, 1.807) is 26.0 Å². The molecule has 0 saturated carbocycles. The number of fused-ring (bicyclic) bond motifs is 1. The highest BCUT2D eigenvalue weighted by atomic mass is 32.2. The molecule has 0 radical (unpaired) electrons. The van der Waals surface area contributed by atoms with E-state index >= 15 is 0 Å². The molecule has 0 fully saturated rings. The lowest BCUT2D eigenvalue weighted by atomic mass is 9.88. The number of nitrogens with zero attached hydrogens (tertiary/aromatic N) is 1. The van der Waals surface area contributed by atoms with Gasteiger partial charge < -0.3 is 9.47 Å². The predicted molar refractivity (Wildman–Crippen MR) is 117 cm³/mol. The molecule has 3 nitrogen and oxygen atoms in total. The van der Waals surface area contributed by atoms with Crippen LogP contribution in [0.2, 0.25) is 0 Å². The fourth-order valence-corrected chi connectivity index (χ4v) is 4.82.